The highest BCUT2D eigenvalue weighted by Gasteiger charge is 2.24. The van der Waals surface area contributed by atoms with Crippen LogP contribution < -0.4 is 0 Å². The van der Waals surface area contributed by atoms with Crippen molar-refractivity contribution in [3.63, 3.8) is 0 Å². The van der Waals surface area contributed by atoms with Crippen LogP contribution in [0.5, 0.6) is 0 Å². The second-order valence-electron chi connectivity index (χ2n) is 3.35. The van der Waals surface area contributed by atoms with E-state index in [4.69, 9.17) is 5.11 Å². The lowest BCUT2D eigenvalue weighted by atomic mass is 10.1. The highest BCUT2D eigenvalue weighted by Crippen LogP contribution is 2.41. The maximum atomic E-state index is 10.7. The molecule has 0 bridgehead atoms. The first-order valence-electron chi connectivity index (χ1n) is 4.20. The molecule has 1 aromatic rings. The van der Waals surface area contributed by atoms with E-state index in [0.29, 0.717) is 11.5 Å². The van der Waals surface area contributed by atoms with Gasteiger partial charge < -0.3 is 5.11 Å². The molecule has 0 amide bonds. The topological polar surface area (TPSA) is 37.3 Å². The van der Waals surface area contributed by atoms with E-state index >= 15 is 0 Å². The van der Waals surface area contributed by atoms with Gasteiger partial charge in [-0.25, -0.2) is 4.79 Å². The Bertz CT molecular complexity index is 356. The Morgan fingerprint density at radius 3 is 2.62 bits per heavy atom. The molecule has 13 heavy (non-hydrogen) atoms. The minimum Gasteiger partial charge on any atom is -0.478 e. The Morgan fingerprint density at radius 2 is 2.08 bits per heavy atom. The summed E-state index contributed by atoms with van der Waals surface area (Å²) in [6.45, 7) is 0. The predicted octanol–water partition coefficient (Wildman–Crippen LogP) is 3.02. The average Bonchev–Trinajstić information content (AvgIpc) is 2.85. The Kier molecular flexibility index (Phi) is 2.12. The van der Waals surface area contributed by atoms with Crippen molar-refractivity contribution in [2.75, 3.05) is 0 Å². The Hall–Kier alpha value is -0.830. The normalized spacial score (nSPS) is 15.8. The molecular weight excluding hydrogens is 232 g/mol. The Labute approximate surface area is 84.7 Å². The fraction of sp³-hybridized carbons (Fsp3) is 0.300. The third-order valence-electron chi connectivity index (χ3n) is 2.22. The number of rotatable bonds is 2. The van der Waals surface area contributed by atoms with Crippen LogP contribution in [-0.2, 0) is 0 Å². The summed E-state index contributed by atoms with van der Waals surface area (Å²) in [6, 6.07) is 5.41. The molecule has 1 fully saturated rings. The molecule has 0 aliphatic heterocycles. The maximum absolute atomic E-state index is 10.7. The molecule has 0 heterocycles. The number of benzene rings is 1. The third-order valence-corrected chi connectivity index (χ3v) is 2.67. The molecule has 1 N–H and O–H groups in total. The molecule has 0 atom stereocenters. The zero-order chi connectivity index (χ0) is 9.42. The number of hydrogen-bond donors (Lipinski definition) is 1. The molecule has 1 aromatic carbocycles. The van der Waals surface area contributed by atoms with E-state index in [-0.39, 0.29) is 0 Å². The quantitative estimate of drug-likeness (QED) is 0.863. The summed E-state index contributed by atoms with van der Waals surface area (Å²) in [5, 5.41) is 8.82. The number of hydrogen-bond acceptors (Lipinski definition) is 1. The fourth-order valence-electron chi connectivity index (χ4n) is 1.39. The van der Waals surface area contributed by atoms with Crippen molar-refractivity contribution in [1.82, 2.24) is 0 Å². The lowest BCUT2D eigenvalue weighted by Crippen LogP contribution is -1.97. The SMILES string of the molecule is O=C(O)c1cc(Br)cc(C2CC2)c1. The average molecular weight is 241 g/mol. The second-order valence-corrected chi connectivity index (χ2v) is 4.27. The lowest BCUT2D eigenvalue weighted by Gasteiger charge is -2.01. The van der Waals surface area contributed by atoms with E-state index in [9.17, 15) is 4.79 Å². The van der Waals surface area contributed by atoms with E-state index in [0.717, 1.165) is 10.0 Å². The summed E-state index contributed by atoms with van der Waals surface area (Å²) < 4.78 is 0.856. The molecular formula is C10H9BrO2. The van der Waals surface area contributed by atoms with Crippen LogP contribution in [-0.4, -0.2) is 11.1 Å². The van der Waals surface area contributed by atoms with Crippen LogP contribution in [0.1, 0.15) is 34.7 Å². The second kappa shape index (κ2) is 3.14. The summed E-state index contributed by atoms with van der Waals surface area (Å²) >= 11 is 3.31. The molecule has 2 rings (SSSR count). The number of carboxylic acid groups (broad SMARTS) is 1. The van der Waals surface area contributed by atoms with Crippen molar-refractivity contribution in [1.29, 1.82) is 0 Å². The van der Waals surface area contributed by atoms with Crippen molar-refractivity contribution >= 4 is 21.9 Å². The first-order chi connectivity index (χ1) is 6.16. The van der Waals surface area contributed by atoms with E-state index in [1.54, 1.807) is 12.1 Å². The molecule has 1 aliphatic rings. The highest BCUT2D eigenvalue weighted by molar-refractivity contribution is 9.10. The number of carbonyl (C=O) groups is 1. The van der Waals surface area contributed by atoms with Gasteiger partial charge in [0.05, 0.1) is 5.56 Å². The number of carboxylic acids is 1. The first-order valence-corrected chi connectivity index (χ1v) is 5.00. The summed E-state index contributed by atoms with van der Waals surface area (Å²) in [5.74, 6) is -0.265. The molecule has 68 valence electrons. The summed E-state index contributed by atoms with van der Waals surface area (Å²) in [6.07, 6.45) is 2.38. The third kappa shape index (κ3) is 1.91. The smallest absolute Gasteiger partial charge is 0.335 e. The van der Waals surface area contributed by atoms with Crippen LogP contribution in [0.15, 0.2) is 22.7 Å². The van der Waals surface area contributed by atoms with Crippen LogP contribution in [0, 0.1) is 0 Å². The van der Waals surface area contributed by atoms with Gasteiger partial charge in [0.1, 0.15) is 0 Å². The zero-order valence-electron chi connectivity index (χ0n) is 6.96. The van der Waals surface area contributed by atoms with Crippen LogP contribution >= 0.6 is 15.9 Å². The van der Waals surface area contributed by atoms with Gasteiger partial charge in [0.15, 0.2) is 0 Å². The molecule has 0 radical (unpaired) electrons. The monoisotopic (exact) mass is 240 g/mol. The van der Waals surface area contributed by atoms with Gasteiger partial charge >= 0.3 is 5.97 Å². The van der Waals surface area contributed by atoms with Gasteiger partial charge in [0.2, 0.25) is 0 Å². The van der Waals surface area contributed by atoms with Gasteiger partial charge in [-0.2, -0.15) is 0 Å². The summed E-state index contributed by atoms with van der Waals surface area (Å²) in [7, 11) is 0. The predicted molar refractivity (Wildman–Crippen MR) is 53.1 cm³/mol. The number of halogens is 1. The molecule has 0 saturated heterocycles. The van der Waals surface area contributed by atoms with Gasteiger partial charge in [-0.1, -0.05) is 15.9 Å². The van der Waals surface area contributed by atoms with Crippen LogP contribution in [0.2, 0.25) is 0 Å². The molecule has 1 saturated carbocycles. The van der Waals surface area contributed by atoms with Gasteiger partial charge in [-0.15, -0.1) is 0 Å². The molecule has 1 aliphatic carbocycles. The Balaban J connectivity index is 2.41. The molecule has 0 spiro atoms. The largest absolute Gasteiger partial charge is 0.478 e. The van der Waals surface area contributed by atoms with Crippen molar-refractivity contribution in [2.24, 2.45) is 0 Å². The molecule has 0 unspecified atom stereocenters. The minimum atomic E-state index is -0.858. The van der Waals surface area contributed by atoms with Gasteiger partial charge in [0, 0.05) is 4.47 Å². The number of aromatic carboxylic acids is 1. The summed E-state index contributed by atoms with van der Waals surface area (Å²) in [4.78, 5) is 10.7. The van der Waals surface area contributed by atoms with Gasteiger partial charge in [0.25, 0.3) is 0 Å². The van der Waals surface area contributed by atoms with Crippen LogP contribution in [0.25, 0.3) is 0 Å². The van der Waals surface area contributed by atoms with Crippen molar-refractivity contribution in [3.8, 4) is 0 Å². The maximum Gasteiger partial charge on any atom is 0.335 e. The van der Waals surface area contributed by atoms with E-state index in [1.807, 2.05) is 6.07 Å². The minimum absolute atomic E-state index is 0.372. The van der Waals surface area contributed by atoms with Crippen molar-refractivity contribution in [2.45, 2.75) is 18.8 Å². The van der Waals surface area contributed by atoms with E-state index < -0.39 is 5.97 Å². The highest BCUT2D eigenvalue weighted by atomic mass is 79.9. The molecule has 2 nitrogen and oxygen atoms in total. The van der Waals surface area contributed by atoms with Crippen molar-refractivity contribution < 1.29 is 9.90 Å². The van der Waals surface area contributed by atoms with E-state index in [2.05, 4.69) is 15.9 Å². The van der Waals surface area contributed by atoms with Crippen LogP contribution in [0.3, 0.4) is 0 Å². The van der Waals surface area contributed by atoms with Gasteiger partial charge in [-0.05, 0) is 42.5 Å². The fourth-order valence-corrected chi connectivity index (χ4v) is 1.90. The van der Waals surface area contributed by atoms with Gasteiger partial charge in [-0.3, -0.25) is 0 Å². The van der Waals surface area contributed by atoms with E-state index in [1.165, 1.54) is 12.8 Å². The summed E-state index contributed by atoms with van der Waals surface area (Å²) in [5.41, 5.74) is 1.52. The molecule has 3 heteroatoms. The standard InChI is InChI=1S/C10H9BrO2/c11-9-4-7(6-1-2-6)3-8(5-9)10(12)13/h3-6H,1-2H2,(H,12,13). The lowest BCUT2D eigenvalue weighted by molar-refractivity contribution is 0.0696. The Morgan fingerprint density at radius 1 is 1.38 bits per heavy atom. The van der Waals surface area contributed by atoms with Crippen molar-refractivity contribution in [3.05, 3.63) is 33.8 Å². The zero-order valence-corrected chi connectivity index (χ0v) is 8.54. The molecule has 0 aromatic heterocycles. The van der Waals surface area contributed by atoms with Crippen LogP contribution in [0.4, 0.5) is 0 Å². The first kappa shape index (κ1) is 8.75.